The Bertz CT molecular complexity index is 835. The molecule has 5 nitrogen and oxygen atoms in total. The summed E-state index contributed by atoms with van der Waals surface area (Å²) in [6.45, 7) is 5.03. The van der Waals surface area contributed by atoms with E-state index in [1.807, 2.05) is 0 Å². The first-order valence-corrected chi connectivity index (χ1v) is 9.35. The lowest BCUT2D eigenvalue weighted by Gasteiger charge is -2.06. The highest BCUT2D eigenvalue weighted by molar-refractivity contribution is 8.00. The summed E-state index contributed by atoms with van der Waals surface area (Å²) in [4.78, 5) is 4.63. The van der Waals surface area contributed by atoms with Gasteiger partial charge in [0, 0.05) is 18.0 Å². The molecule has 0 radical (unpaired) electrons. The molecule has 2 heterocycles. The van der Waals surface area contributed by atoms with Crippen LogP contribution in [-0.2, 0) is 6.54 Å². The van der Waals surface area contributed by atoms with Gasteiger partial charge in [-0.1, -0.05) is 23.8 Å². The predicted octanol–water partition coefficient (Wildman–Crippen LogP) is 4.15. The fourth-order valence-electron chi connectivity index (χ4n) is 2.49. The minimum absolute atomic E-state index is 0.590. The van der Waals surface area contributed by atoms with Gasteiger partial charge in [-0.3, -0.25) is 0 Å². The fraction of sp³-hybridized carbons (Fsp3) is 0.375. The summed E-state index contributed by atoms with van der Waals surface area (Å²) in [5.74, 6) is 2.50. The smallest absolute Gasteiger partial charge is 0.198 e. The summed E-state index contributed by atoms with van der Waals surface area (Å²) in [6.07, 6.45) is 2.45. The molecule has 0 bridgehead atoms. The average molecular weight is 343 g/mol. The summed E-state index contributed by atoms with van der Waals surface area (Å²) >= 11 is 3.02. The van der Waals surface area contributed by atoms with E-state index in [0.29, 0.717) is 5.92 Å². The third kappa shape index (κ3) is 3.03. The van der Waals surface area contributed by atoms with E-state index in [4.69, 9.17) is 0 Å². The van der Waals surface area contributed by atoms with Crippen molar-refractivity contribution in [3.8, 4) is 11.4 Å². The third-order valence-corrected chi connectivity index (χ3v) is 5.60. The van der Waals surface area contributed by atoms with Gasteiger partial charge in [0.2, 0.25) is 0 Å². The van der Waals surface area contributed by atoms with Crippen LogP contribution in [0.2, 0.25) is 0 Å². The molecule has 0 unspecified atom stereocenters. The van der Waals surface area contributed by atoms with E-state index in [0.717, 1.165) is 33.3 Å². The molecule has 0 N–H and O–H groups in total. The first-order chi connectivity index (χ1) is 11.2. The van der Waals surface area contributed by atoms with Gasteiger partial charge in [-0.25, -0.2) is 4.98 Å². The van der Waals surface area contributed by atoms with Crippen molar-refractivity contribution < 1.29 is 0 Å². The molecule has 0 spiro atoms. The largest absolute Gasteiger partial charge is 0.302 e. The van der Waals surface area contributed by atoms with E-state index in [9.17, 15) is 0 Å². The molecule has 1 fully saturated rings. The molecule has 3 aromatic rings. The Morgan fingerprint density at radius 1 is 1.30 bits per heavy atom. The van der Waals surface area contributed by atoms with Gasteiger partial charge in [-0.05, 0) is 56.0 Å². The molecule has 7 heteroatoms. The highest BCUT2D eigenvalue weighted by Gasteiger charge is 2.28. The summed E-state index contributed by atoms with van der Waals surface area (Å²) < 4.78 is 7.54. The van der Waals surface area contributed by atoms with Crippen LogP contribution in [0.3, 0.4) is 0 Å². The minimum atomic E-state index is 0.590. The number of hydrogen-bond acceptors (Lipinski definition) is 6. The fourth-order valence-corrected chi connectivity index (χ4v) is 4.18. The Kier molecular flexibility index (Phi) is 3.90. The van der Waals surface area contributed by atoms with Crippen molar-refractivity contribution >= 4 is 23.3 Å². The molecule has 0 aliphatic heterocycles. The van der Waals surface area contributed by atoms with Crippen molar-refractivity contribution in [1.29, 1.82) is 0 Å². The maximum Gasteiger partial charge on any atom is 0.198 e. The highest BCUT2D eigenvalue weighted by atomic mass is 32.2. The third-order valence-electron chi connectivity index (χ3n) is 3.85. The van der Waals surface area contributed by atoms with E-state index in [1.54, 1.807) is 11.8 Å². The predicted molar refractivity (Wildman–Crippen MR) is 91.9 cm³/mol. The van der Waals surface area contributed by atoms with Crippen LogP contribution in [-0.4, -0.2) is 24.1 Å². The number of rotatable bonds is 5. The summed E-state index contributed by atoms with van der Waals surface area (Å²) in [5, 5.41) is 9.65. The standard InChI is InChI=1S/C16H17N5S2/c1-3-21-14(12-6-4-5-10(2)9-12)18-19-15(21)22-16-17-13(20-23-16)11-7-8-11/h4-6,9,11H,3,7-8H2,1-2H3. The molecule has 1 aliphatic carbocycles. The van der Waals surface area contributed by atoms with Crippen LogP contribution in [0.5, 0.6) is 0 Å². The van der Waals surface area contributed by atoms with Gasteiger partial charge in [0.15, 0.2) is 15.3 Å². The Morgan fingerprint density at radius 2 is 2.17 bits per heavy atom. The van der Waals surface area contributed by atoms with Crippen LogP contribution in [0.4, 0.5) is 0 Å². The van der Waals surface area contributed by atoms with E-state index < -0.39 is 0 Å². The molecular formula is C16H17N5S2. The molecule has 0 atom stereocenters. The number of hydrogen-bond donors (Lipinski definition) is 0. The second-order valence-electron chi connectivity index (χ2n) is 5.71. The van der Waals surface area contributed by atoms with Gasteiger partial charge in [-0.2, -0.15) is 4.37 Å². The SMILES string of the molecule is CCn1c(Sc2nc(C3CC3)ns2)nnc1-c1cccc(C)c1. The topological polar surface area (TPSA) is 56.5 Å². The lowest BCUT2D eigenvalue weighted by atomic mass is 10.1. The molecule has 4 rings (SSSR count). The Labute approximate surface area is 143 Å². The van der Waals surface area contributed by atoms with Crippen molar-refractivity contribution in [3.63, 3.8) is 0 Å². The lowest BCUT2D eigenvalue weighted by molar-refractivity contribution is 0.687. The first kappa shape index (κ1) is 14.8. The summed E-state index contributed by atoms with van der Waals surface area (Å²) in [7, 11) is 0. The molecule has 0 amide bonds. The maximum atomic E-state index is 4.63. The quantitative estimate of drug-likeness (QED) is 0.696. The second kappa shape index (κ2) is 6.05. The molecular weight excluding hydrogens is 326 g/mol. The molecule has 0 saturated heterocycles. The van der Waals surface area contributed by atoms with Crippen LogP contribution in [0.25, 0.3) is 11.4 Å². The Balaban J connectivity index is 1.63. The molecule has 23 heavy (non-hydrogen) atoms. The van der Waals surface area contributed by atoms with Crippen molar-refractivity contribution in [2.45, 2.75) is 48.6 Å². The highest BCUT2D eigenvalue weighted by Crippen LogP contribution is 2.40. The van der Waals surface area contributed by atoms with Crippen LogP contribution in [0.1, 0.15) is 37.1 Å². The van der Waals surface area contributed by atoms with Gasteiger partial charge < -0.3 is 4.57 Å². The zero-order chi connectivity index (χ0) is 15.8. The van der Waals surface area contributed by atoms with E-state index in [1.165, 1.54) is 29.9 Å². The van der Waals surface area contributed by atoms with Gasteiger partial charge in [0.25, 0.3) is 0 Å². The summed E-state index contributed by atoms with van der Waals surface area (Å²) in [6, 6.07) is 8.36. The maximum absolute atomic E-state index is 4.63. The molecule has 1 saturated carbocycles. The molecule has 2 aromatic heterocycles. The molecule has 118 valence electrons. The van der Waals surface area contributed by atoms with Crippen LogP contribution < -0.4 is 0 Å². The van der Waals surface area contributed by atoms with Crippen molar-refractivity contribution in [2.24, 2.45) is 0 Å². The van der Waals surface area contributed by atoms with Crippen LogP contribution >= 0.6 is 23.3 Å². The van der Waals surface area contributed by atoms with E-state index in [2.05, 4.69) is 62.2 Å². The van der Waals surface area contributed by atoms with Crippen molar-refractivity contribution in [3.05, 3.63) is 35.7 Å². The van der Waals surface area contributed by atoms with Gasteiger partial charge >= 0.3 is 0 Å². The molecule has 1 aliphatic rings. The molecule has 1 aromatic carbocycles. The number of aryl methyl sites for hydroxylation is 1. The van der Waals surface area contributed by atoms with E-state index >= 15 is 0 Å². The van der Waals surface area contributed by atoms with Crippen molar-refractivity contribution in [2.75, 3.05) is 0 Å². The zero-order valence-corrected chi connectivity index (χ0v) is 14.7. The average Bonchev–Trinajstić information content (AvgIpc) is 3.16. The first-order valence-electron chi connectivity index (χ1n) is 7.76. The van der Waals surface area contributed by atoms with Gasteiger partial charge in [0.1, 0.15) is 5.82 Å². The number of benzene rings is 1. The normalized spacial score (nSPS) is 14.3. The Hall–Kier alpha value is -1.73. The van der Waals surface area contributed by atoms with Crippen molar-refractivity contribution in [1.82, 2.24) is 24.1 Å². The van der Waals surface area contributed by atoms with E-state index in [-0.39, 0.29) is 0 Å². The number of nitrogens with zero attached hydrogens (tertiary/aromatic N) is 5. The van der Waals surface area contributed by atoms with Gasteiger partial charge in [0.05, 0.1) is 0 Å². The van der Waals surface area contributed by atoms with Crippen LogP contribution in [0, 0.1) is 6.92 Å². The lowest BCUT2D eigenvalue weighted by Crippen LogP contribution is -1.99. The second-order valence-corrected chi connectivity index (χ2v) is 7.68. The Morgan fingerprint density at radius 3 is 2.91 bits per heavy atom. The van der Waals surface area contributed by atoms with Crippen LogP contribution in [0.15, 0.2) is 33.8 Å². The summed E-state index contributed by atoms with van der Waals surface area (Å²) in [5.41, 5.74) is 2.32. The monoisotopic (exact) mass is 343 g/mol. The van der Waals surface area contributed by atoms with Gasteiger partial charge in [-0.15, -0.1) is 10.2 Å². The number of aromatic nitrogens is 5. The zero-order valence-electron chi connectivity index (χ0n) is 13.1. The minimum Gasteiger partial charge on any atom is -0.302 e.